The van der Waals surface area contributed by atoms with Crippen LogP contribution in [0.15, 0.2) is 24.3 Å². The number of rotatable bonds is 3. The molecule has 0 aromatic heterocycles. The molecule has 1 saturated carbocycles. The zero-order chi connectivity index (χ0) is 13.7. The molecule has 0 aliphatic heterocycles. The van der Waals surface area contributed by atoms with Gasteiger partial charge in [0.05, 0.1) is 5.92 Å². The van der Waals surface area contributed by atoms with Gasteiger partial charge in [-0.3, -0.25) is 4.79 Å². The Bertz CT molecular complexity index is 413. The minimum absolute atomic E-state index is 0.0115. The van der Waals surface area contributed by atoms with E-state index in [1.54, 1.807) is 0 Å². The van der Waals surface area contributed by atoms with Crippen molar-refractivity contribution in [3.8, 4) is 0 Å². The summed E-state index contributed by atoms with van der Waals surface area (Å²) >= 11 is 0. The van der Waals surface area contributed by atoms with E-state index in [0.717, 1.165) is 37.8 Å². The molecular weight excluding hydrogens is 236 g/mol. The Balaban J connectivity index is 1.98. The second-order valence-electron chi connectivity index (χ2n) is 5.45. The summed E-state index contributed by atoms with van der Waals surface area (Å²) in [4.78, 5) is 12.3. The summed E-state index contributed by atoms with van der Waals surface area (Å²) in [7, 11) is 0. The fourth-order valence-corrected chi connectivity index (χ4v) is 2.72. The molecule has 1 aromatic rings. The van der Waals surface area contributed by atoms with E-state index in [1.807, 2.05) is 12.1 Å². The number of hydrogen-bond acceptors (Lipinski definition) is 2. The van der Waals surface area contributed by atoms with Crippen LogP contribution in [0, 0.1) is 5.92 Å². The number of amides is 1. The fourth-order valence-electron chi connectivity index (χ4n) is 2.72. The van der Waals surface area contributed by atoms with Gasteiger partial charge in [0, 0.05) is 11.7 Å². The Kier molecular flexibility index (Phi) is 4.97. The van der Waals surface area contributed by atoms with Crippen molar-refractivity contribution in [3.63, 3.8) is 0 Å². The largest absolute Gasteiger partial charge is 0.327 e. The highest BCUT2D eigenvalue weighted by atomic mass is 16.1. The van der Waals surface area contributed by atoms with Gasteiger partial charge in [-0.15, -0.1) is 0 Å². The molecular formula is C16H24N2O. The van der Waals surface area contributed by atoms with Crippen LogP contribution in [0.5, 0.6) is 0 Å². The van der Waals surface area contributed by atoms with Gasteiger partial charge in [0.1, 0.15) is 0 Å². The van der Waals surface area contributed by atoms with Gasteiger partial charge < -0.3 is 11.1 Å². The second kappa shape index (κ2) is 6.71. The average Bonchev–Trinajstić information content (AvgIpc) is 2.64. The molecule has 1 aliphatic carbocycles. The average molecular weight is 260 g/mol. The lowest BCUT2D eigenvalue weighted by Gasteiger charge is -2.20. The van der Waals surface area contributed by atoms with Gasteiger partial charge in [0.25, 0.3) is 0 Å². The van der Waals surface area contributed by atoms with Gasteiger partial charge in [-0.25, -0.2) is 0 Å². The van der Waals surface area contributed by atoms with E-state index >= 15 is 0 Å². The van der Waals surface area contributed by atoms with Crippen molar-refractivity contribution in [1.82, 2.24) is 0 Å². The van der Waals surface area contributed by atoms with Crippen molar-refractivity contribution in [2.75, 3.05) is 5.32 Å². The van der Waals surface area contributed by atoms with Crippen LogP contribution in [0.2, 0.25) is 0 Å². The highest BCUT2D eigenvalue weighted by Gasteiger charge is 2.26. The molecule has 104 valence electrons. The van der Waals surface area contributed by atoms with Gasteiger partial charge in [0.15, 0.2) is 0 Å². The minimum atomic E-state index is -0.0339. The van der Waals surface area contributed by atoms with E-state index in [-0.39, 0.29) is 17.9 Å². The highest BCUT2D eigenvalue weighted by Crippen LogP contribution is 2.23. The van der Waals surface area contributed by atoms with Crippen LogP contribution in [0.4, 0.5) is 5.69 Å². The van der Waals surface area contributed by atoms with Gasteiger partial charge in [0.2, 0.25) is 5.91 Å². The van der Waals surface area contributed by atoms with Crippen LogP contribution < -0.4 is 11.1 Å². The Morgan fingerprint density at radius 2 is 1.89 bits per heavy atom. The number of anilines is 1. The highest BCUT2D eigenvalue weighted by molar-refractivity contribution is 5.93. The molecule has 1 aliphatic rings. The lowest BCUT2D eigenvalue weighted by atomic mass is 9.94. The Hall–Kier alpha value is -1.35. The van der Waals surface area contributed by atoms with Crippen LogP contribution in [-0.4, -0.2) is 11.9 Å². The lowest BCUT2D eigenvalue weighted by Crippen LogP contribution is -2.37. The van der Waals surface area contributed by atoms with Crippen LogP contribution in [0.25, 0.3) is 0 Å². The van der Waals surface area contributed by atoms with Crippen LogP contribution >= 0.6 is 0 Å². The molecule has 19 heavy (non-hydrogen) atoms. The first-order chi connectivity index (χ1) is 9.20. The minimum Gasteiger partial charge on any atom is -0.327 e. The third kappa shape index (κ3) is 3.80. The van der Waals surface area contributed by atoms with E-state index in [0.29, 0.717) is 0 Å². The summed E-state index contributed by atoms with van der Waals surface area (Å²) in [5, 5.41) is 3.00. The number of hydrogen-bond donors (Lipinski definition) is 2. The zero-order valence-corrected chi connectivity index (χ0v) is 11.7. The number of benzene rings is 1. The summed E-state index contributed by atoms with van der Waals surface area (Å²) in [6.07, 6.45) is 6.36. The van der Waals surface area contributed by atoms with Gasteiger partial charge >= 0.3 is 0 Å². The Morgan fingerprint density at radius 3 is 2.58 bits per heavy atom. The van der Waals surface area contributed by atoms with E-state index in [9.17, 15) is 4.79 Å². The van der Waals surface area contributed by atoms with Crippen molar-refractivity contribution in [1.29, 1.82) is 0 Å². The first-order valence-electron chi connectivity index (χ1n) is 7.36. The smallest absolute Gasteiger partial charge is 0.229 e. The standard InChI is InChI=1S/C16H24N2O/c1-2-12-8-10-13(11-9-12)18-16(19)14-6-4-3-5-7-15(14)17/h8-11,14-15H,2-7,17H2,1H3,(H,18,19). The van der Waals surface area contributed by atoms with E-state index in [1.165, 1.54) is 12.0 Å². The molecule has 0 radical (unpaired) electrons. The van der Waals surface area contributed by atoms with Crippen molar-refractivity contribution in [3.05, 3.63) is 29.8 Å². The molecule has 3 N–H and O–H groups in total. The monoisotopic (exact) mass is 260 g/mol. The molecule has 3 heteroatoms. The zero-order valence-electron chi connectivity index (χ0n) is 11.7. The Labute approximate surface area is 115 Å². The number of carbonyl (C=O) groups is 1. The quantitative estimate of drug-likeness (QED) is 0.820. The normalized spacial score (nSPS) is 23.7. The molecule has 0 bridgehead atoms. The van der Waals surface area contributed by atoms with Crippen LogP contribution in [0.3, 0.4) is 0 Å². The van der Waals surface area contributed by atoms with Crippen molar-refractivity contribution in [2.24, 2.45) is 11.7 Å². The third-order valence-corrected chi connectivity index (χ3v) is 4.04. The summed E-state index contributed by atoms with van der Waals surface area (Å²) in [5.41, 5.74) is 8.27. The SMILES string of the molecule is CCc1ccc(NC(=O)C2CCCCCC2N)cc1. The molecule has 1 aromatic carbocycles. The first kappa shape index (κ1) is 14.1. The lowest BCUT2D eigenvalue weighted by molar-refractivity contribution is -0.120. The van der Waals surface area contributed by atoms with Crippen LogP contribution in [-0.2, 0) is 11.2 Å². The second-order valence-corrected chi connectivity index (χ2v) is 5.45. The van der Waals surface area contributed by atoms with E-state index in [2.05, 4.69) is 24.4 Å². The van der Waals surface area contributed by atoms with Crippen LogP contribution in [0.1, 0.15) is 44.6 Å². The summed E-state index contributed by atoms with van der Waals surface area (Å²) in [6.45, 7) is 2.12. The maximum absolute atomic E-state index is 12.3. The maximum atomic E-state index is 12.3. The number of nitrogens with two attached hydrogens (primary N) is 1. The topological polar surface area (TPSA) is 55.1 Å². The first-order valence-corrected chi connectivity index (χ1v) is 7.36. The maximum Gasteiger partial charge on any atom is 0.229 e. The van der Waals surface area contributed by atoms with Gasteiger partial charge in [-0.1, -0.05) is 38.3 Å². The molecule has 1 amide bonds. The number of aryl methyl sites for hydroxylation is 1. The molecule has 3 nitrogen and oxygen atoms in total. The third-order valence-electron chi connectivity index (χ3n) is 4.04. The van der Waals surface area contributed by atoms with Crippen molar-refractivity contribution < 1.29 is 4.79 Å². The molecule has 1 fully saturated rings. The molecule has 2 rings (SSSR count). The molecule has 2 unspecified atom stereocenters. The Morgan fingerprint density at radius 1 is 1.21 bits per heavy atom. The van der Waals surface area contributed by atoms with Gasteiger partial charge in [-0.2, -0.15) is 0 Å². The summed E-state index contributed by atoms with van der Waals surface area (Å²) < 4.78 is 0. The predicted octanol–water partition coefficient (Wildman–Crippen LogP) is 3.10. The van der Waals surface area contributed by atoms with Gasteiger partial charge in [-0.05, 0) is 37.0 Å². The summed E-state index contributed by atoms with van der Waals surface area (Å²) in [5.74, 6) is 0.0481. The molecule has 0 heterocycles. The predicted molar refractivity (Wildman–Crippen MR) is 79.0 cm³/mol. The molecule has 0 saturated heterocycles. The fraction of sp³-hybridized carbons (Fsp3) is 0.562. The number of carbonyl (C=O) groups excluding carboxylic acids is 1. The molecule has 0 spiro atoms. The number of nitrogens with one attached hydrogen (secondary N) is 1. The van der Waals surface area contributed by atoms with E-state index < -0.39 is 0 Å². The van der Waals surface area contributed by atoms with Crippen molar-refractivity contribution in [2.45, 2.75) is 51.5 Å². The van der Waals surface area contributed by atoms with E-state index in [4.69, 9.17) is 5.73 Å². The molecule has 2 atom stereocenters. The van der Waals surface area contributed by atoms with Crippen molar-refractivity contribution >= 4 is 11.6 Å². The summed E-state index contributed by atoms with van der Waals surface area (Å²) in [6, 6.07) is 8.07.